The molecular weight excluding hydrogens is 214 g/mol. The third-order valence-corrected chi connectivity index (χ3v) is 3.14. The summed E-state index contributed by atoms with van der Waals surface area (Å²) < 4.78 is 0. The summed E-state index contributed by atoms with van der Waals surface area (Å²) in [5.41, 5.74) is 1.54. The molecular formula is C13H19N3O. The lowest BCUT2D eigenvalue weighted by atomic mass is 10.1. The van der Waals surface area contributed by atoms with E-state index in [9.17, 15) is 4.79 Å². The highest BCUT2D eigenvalue weighted by atomic mass is 16.1. The van der Waals surface area contributed by atoms with Crippen molar-refractivity contribution in [2.75, 3.05) is 24.5 Å². The molecule has 2 heterocycles. The zero-order chi connectivity index (χ0) is 12.4. The van der Waals surface area contributed by atoms with Crippen molar-refractivity contribution < 1.29 is 4.79 Å². The SMILES string of the molecule is CC(=O)c1ccc(N2CCNC(C)C2)nc1C. The summed E-state index contributed by atoms with van der Waals surface area (Å²) in [5.74, 6) is 1.05. The quantitative estimate of drug-likeness (QED) is 0.784. The molecule has 1 aliphatic rings. The van der Waals surface area contributed by atoms with E-state index in [0.29, 0.717) is 6.04 Å². The van der Waals surface area contributed by atoms with Crippen molar-refractivity contribution in [3.8, 4) is 0 Å². The van der Waals surface area contributed by atoms with Crippen LogP contribution in [0.1, 0.15) is 29.9 Å². The number of hydrogen-bond acceptors (Lipinski definition) is 4. The summed E-state index contributed by atoms with van der Waals surface area (Å²) in [5, 5.41) is 3.40. The highest BCUT2D eigenvalue weighted by Crippen LogP contribution is 2.16. The number of Topliss-reactive ketones (excluding diaryl/α,β-unsaturated/α-hetero) is 1. The molecule has 1 aromatic heterocycles. The molecule has 4 nitrogen and oxygen atoms in total. The number of aryl methyl sites for hydroxylation is 1. The first kappa shape index (κ1) is 12.0. The lowest BCUT2D eigenvalue weighted by molar-refractivity contribution is 0.101. The zero-order valence-corrected chi connectivity index (χ0v) is 10.7. The predicted octanol–water partition coefficient (Wildman–Crippen LogP) is 1.39. The predicted molar refractivity (Wildman–Crippen MR) is 68.7 cm³/mol. The van der Waals surface area contributed by atoms with Crippen LogP contribution in [0, 0.1) is 6.92 Å². The number of pyridine rings is 1. The third-order valence-electron chi connectivity index (χ3n) is 3.14. The minimum Gasteiger partial charge on any atom is -0.354 e. The van der Waals surface area contributed by atoms with Crippen molar-refractivity contribution in [3.63, 3.8) is 0 Å². The van der Waals surface area contributed by atoms with Gasteiger partial charge >= 0.3 is 0 Å². The van der Waals surface area contributed by atoms with Crippen molar-refractivity contribution >= 4 is 11.6 Å². The fourth-order valence-corrected chi connectivity index (χ4v) is 2.24. The van der Waals surface area contributed by atoms with Crippen LogP contribution >= 0.6 is 0 Å². The molecule has 0 radical (unpaired) electrons. The Hall–Kier alpha value is -1.42. The lowest BCUT2D eigenvalue weighted by Crippen LogP contribution is -2.49. The molecule has 1 unspecified atom stereocenters. The first-order valence-corrected chi connectivity index (χ1v) is 6.05. The summed E-state index contributed by atoms with van der Waals surface area (Å²) in [4.78, 5) is 18.1. The first-order valence-electron chi connectivity index (χ1n) is 6.05. The standard InChI is InChI=1S/C13H19N3O/c1-9-8-16(7-6-14-9)13-5-4-12(11(3)17)10(2)15-13/h4-5,9,14H,6-8H2,1-3H3. The first-order chi connectivity index (χ1) is 8.08. The molecule has 0 bridgehead atoms. The maximum atomic E-state index is 11.3. The van der Waals surface area contributed by atoms with Gasteiger partial charge in [0.2, 0.25) is 0 Å². The Morgan fingerprint density at radius 2 is 2.29 bits per heavy atom. The second kappa shape index (κ2) is 4.84. The van der Waals surface area contributed by atoms with E-state index in [-0.39, 0.29) is 5.78 Å². The van der Waals surface area contributed by atoms with Gasteiger partial charge in [-0.05, 0) is 32.9 Å². The largest absolute Gasteiger partial charge is 0.354 e. The maximum absolute atomic E-state index is 11.3. The van der Waals surface area contributed by atoms with Gasteiger partial charge < -0.3 is 10.2 Å². The molecule has 1 saturated heterocycles. The van der Waals surface area contributed by atoms with Gasteiger partial charge in [0.1, 0.15) is 5.82 Å². The number of aromatic nitrogens is 1. The zero-order valence-electron chi connectivity index (χ0n) is 10.7. The van der Waals surface area contributed by atoms with Gasteiger partial charge in [0.15, 0.2) is 5.78 Å². The Bertz CT molecular complexity index is 431. The second-order valence-electron chi connectivity index (χ2n) is 4.66. The van der Waals surface area contributed by atoms with Crippen LogP contribution in [0.3, 0.4) is 0 Å². The number of carbonyl (C=O) groups excluding carboxylic acids is 1. The van der Waals surface area contributed by atoms with Crippen molar-refractivity contribution in [1.82, 2.24) is 10.3 Å². The van der Waals surface area contributed by atoms with E-state index < -0.39 is 0 Å². The Balaban J connectivity index is 2.22. The summed E-state index contributed by atoms with van der Waals surface area (Å²) >= 11 is 0. The summed E-state index contributed by atoms with van der Waals surface area (Å²) in [6.07, 6.45) is 0. The Morgan fingerprint density at radius 3 is 2.88 bits per heavy atom. The van der Waals surface area contributed by atoms with Crippen LogP contribution in [-0.2, 0) is 0 Å². The average molecular weight is 233 g/mol. The molecule has 1 fully saturated rings. The third kappa shape index (κ3) is 2.64. The van der Waals surface area contributed by atoms with Gasteiger partial charge in [-0.25, -0.2) is 4.98 Å². The molecule has 2 rings (SSSR count). The van der Waals surface area contributed by atoms with Crippen molar-refractivity contribution in [2.24, 2.45) is 0 Å². The number of nitrogens with one attached hydrogen (secondary N) is 1. The van der Waals surface area contributed by atoms with Gasteiger partial charge in [0.05, 0.1) is 5.69 Å². The van der Waals surface area contributed by atoms with Crippen LogP contribution in [0.5, 0.6) is 0 Å². The molecule has 1 N–H and O–H groups in total. The number of rotatable bonds is 2. The molecule has 0 amide bonds. The van der Waals surface area contributed by atoms with Crippen molar-refractivity contribution in [3.05, 3.63) is 23.4 Å². The van der Waals surface area contributed by atoms with Crippen LogP contribution in [0.25, 0.3) is 0 Å². The van der Waals surface area contributed by atoms with Gasteiger partial charge in [-0.15, -0.1) is 0 Å². The molecule has 4 heteroatoms. The van der Waals surface area contributed by atoms with Crippen molar-refractivity contribution in [2.45, 2.75) is 26.8 Å². The van der Waals surface area contributed by atoms with Crippen molar-refractivity contribution in [1.29, 1.82) is 0 Å². The van der Waals surface area contributed by atoms with Gasteiger partial charge in [-0.2, -0.15) is 0 Å². The minimum absolute atomic E-state index is 0.0789. The van der Waals surface area contributed by atoms with E-state index in [1.807, 2.05) is 19.1 Å². The number of carbonyl (C=O) groups is 1. The monoisotopic (exact) mass is 233 g/mol. The average Bonchev–Trinajstić information content (AvgIpc) is 2.28. The Labute approximate surface area is 102 Å². The van der Waals surface area contributed by atoms with E-state index in [1.54, 1.807) is 6.92 Å². The Kier molecular flexibility index (Phi) is 3.43. The molecule has 0 aliphatic carbocycles. The van der Waals surface area contributed by atoms with Gasteiger partial charge in [0, 0.05) is 31.2 Å². The van der Waals surface area contributed by atoms with Gasteiger partial charge in [-0.3, -0.25) is 4.79 Å². The minimum atomic E-state index is 0.0789. The summed E-state index contributed by atoms with van der Waals surface area (Å²) in [6.45, 7) is 8.56. The number of nitrogens with zero attached hydrogens (tertiary/aromatic N) is 2. The van der Waals surface area contributed by atoms with E-state index in [2.05, 4.69) is 22.1 Å². The van der Waals surface area contributed by atoms with Crippen LogP contribution in [0.4, 0.5) is 5.82 Å². The van der Waals surface area contributed by atoms with E-state index in [1.165, 1.54) is 0 Å². The number of ketones is 1. The molecule has 1 atom stereocenters. The van der Waals surface area contributed by atoms with Gasteiger partial charge in [-0.1, -0.05) is 0 Å². The molecule has 1 aliphatic heterocycles. The lowest BCUT2D eigenvalue weighted by Gasteiger charge is -2.33. The molecule has 0 saturated carbocycles. The summed E-state index contributed by atoms with van der Waals surface area (Å²) in [7, 11) is 0. The van der Waals surface area contributed by atoms with E-state index >= 15 is 0 Å². The Morgan fingerprint density at radius 1 is 1.53 bits per heavy atom. The number of piperazine rings is 1. The normalized spacial score (nSPS) is 20.4. The topological polar surface area (TPSA) is 45.2 Å². The highest BCUT2D eigenvalue weighted by molar-refractivity contribution is 5.95. The molecule has 92 valence electrons. The smallest absolute Gasteiger partial charge is 0.161 e. The van der Waals surface area contributed by atoms with Crippen LogP contribution < -0.4 is 10.2 Å². The maximum Gasteiger partial charge on any atom is 0.161 e. The number of anilines is 1. The highest BCUT2D eigenvalue weighted by Gasteiger charge is 2.17. The summed E-state index contributed by atoms with van der Waals surface area (Å²) in [6, 6.07) is 4.31. The molecule has 0 aromatic carbocycles. The van der Waals surface area contributed by atoms with Crippen LogP contribution in [-0.4, -0.2) is 36.4 Å². The second-order valence-corrected chi connectivity index (χ2v) is 4.66. The molecule has 1 aromatic rings. The van der Waals surface area contributed by atoms with Crippen LogP contribution in [0.15, 0.2) is 12.1 Å². The fourth-order valence-electron chi connectivity index (χ4n) is 2.24. The number of hydrogen-bond donors (Lipinski definition) is 1. The van der Waals surface area contributed by atoms with Crippen LogP contribution in [0.2, 0.25) is 0 Å². The fraction of sp³-hybridized carbons (Fsp3) is 0.538. The molecule has 17 heavy (non-hydrogen) atoms. The molecule has 0 spiro atoms. The van der Waals surface area contributed by atoms with Gasteiger partial charge in [0.25, 0.3) is 0 Å². The van der Waals surface area contributed by atoms with E-state index in [0.717, 1.165) is 36.7 Å². The van der Waals surface area contributed by atoms with E-state index in [4.69, 9.17) is 0 Å².